The van der Waals surface area contributed by atoms with Crippen molar-refractivity contribution in [2.45, 2.75) is 19.4 Å². The van der Waals surface area contributed by atoms with E-state index in [4.69, 9.17) is 9.72 Å². The Hall–Kier alpha value is -3.18. The Bertz CT molecular complexity index is 1000. The molecule has 0 bridgehead atoms. The van der Waals surface area contributed by atoms with Gasteiger partial charge in [-0.2, -0.15) is 0 Å². The van der Waals surface area contributed by atoms with Crippen LogP contribution in [0, 0.1) is 0 Å². The van der Waals surface area contributed by atoms with Crippen LogP contribution in [0.4, 0.5) is 17.3 Å². The normalized spacial score (nSPS) is 16.9. The van der Waals surface area contributed by atoms with Gasteiger partial charge in [-0.25, -0.2) is 9.97 Å². The van der Waals surface area contributed by atoms with Crippen molar-refractivity contribution in [1.29, 1.82) is 0 Å². The Morgan fingerprint density at radius 1 is 1.18 bits per heavy atom. The van der Waals surface area contributed by atoms with Crippen molar-refractivity contribution in [1.82, 2.24) is 9.97 Å². The highest BCUT2D eigenvalue weighted by molar-refractivity contribution is 5.93. The van der Waals surface area contributed by atoms with Crippen molar-refractivity contribution in [2.75, 3.05) is 23.8 Å². The summed E-state index contributed by atoms with van der Waals surface area (Å²) in [5.74, 6) is 0.573. The Balaban J connectivity index is 1.56. The zero-order valence-electron chi connectivity index (χ0n) is 16.0. The Kier molecular flexibility index (Phi) is 5.35. The molecule has 2 aromatic carbocycles. The molecule has 1 fully saturated rings. The van der Waals surface area contributed by atoms with Gasteiger partial charge in [0.15, 0.2) is 0 Å². The molecule has 5 nitrogen and oxygen atoms in total. The number of allylic oxidation sites excluding steroid dienone is 3. The molecule has 0 aliphatic carbocycles. The van der Waals surface area contributed by atoms with E-state index in [1.54, 1.807) is 0 Å². The van der Waals surface area contributed by atoms with Crippen LogP contribution < -0.4 is 10.6 Å². The van der Waals surface area contributed by atoms with E-state index >= 15 is 0 Å². The molecule has 3 aromatic rings. The summed E-state index contributed by atoms with van der Waals surface area (Å²) in [6.07, 6.45) is 6.79. The summed E-state index contributed by atoms with van der Waals surface area (Å²) in [5.41, 5.74) is 5.05. The molecule has 1 unspecified atom stereocenters. The van der Waals surface area contributed by atoms with Crippen LogP contribution in [0.5, 0.6) is 0 Å². The van der Waals surface area contributed by atoms with Gasteiger partial charge < -0.3 is 15.4 Å². The number of hydrogen-bond donors (Lipinski definition) is 2. The van der Waals surface area contributed by atoms with Crippen LogP contribution in [0.1, 0.15) is 18.9 Å². The number of fused-ring (bicyclic) bond motifs is 1. The summed E-state index contributed by atoms with van der Waals surface area (Å²) in [6.45, 7) is 7.52. The number of aromatic nitrogens is 2. The molecule has 1 aromatic heterocycles. The van der Waals surface area contributed by atoms with Gasteiger partial charge in [-0.05, 0) is 43.2 Å². The third-order valence-electron chi connectivity index (χ3n) is 4.89. The van der Waals surface area contributed by atoms with E-state index in [0.29, 0.717) is 12.0 Å². The first-order valence-electron chi connectivity index (χ1n) is 9.53. The first kappa shape index (κ1) is 18.2. The minimum atomic E-state index is 0.395. The molecule has 0 spiro atoms. The van der Waals surface area contributed by atoms with E-state index in [9.17, 15) is 0 Å². The number of para-hydroxylation sites is 1. The lowest BCUT2D eigenvalue weighted by Gasteiger charge is -2.13. The molecule has 28 heavy (non-hydrogen) atoms. The van der Waals surface area contributed by atoms with Crippen LogP contribution in [-0.2, 0) is 4.74 Å². The van der Waals surface area contributed by atoms with Gasteiger partial charge in [0.25, 0.3) is 0 Å². The van der Waals surface area contributed by atoms with Crippen LogP contribution in [-0.4, -0.2) is 29.2 Å². The standard InChI is InChI=1S/C23H24N4O/c1-3-16(4-2)21-7-5-6-17-14-24-23(27-22(17)21)26-19-10-8-18(9-11-19)25-20-12-13-28-15-20/h3-11,14,20,25H,1,12-13,15H2,2H3,(H,24,26,27). The molecule has 0 radical (unpaired) electrons. The predicted octanol–water partition coefficient (Wildman–Crippen LogP) is 5.16. The predicted molar refractivity (Wildman–Crippen MR) is 116 cm³/mol. The highest BCUT2D eigenvalue weighted by atomic mass is 16.5. The fraction of sp³-hybridized carbons (Fsp3) is 0.217. The van der Waals surface area contributed by atoms with E-state index in [0.717, 1.165) is 53.0 Å². The zero-order chi connectivity index (χ0) is 19.3. The quantitative estimate of drug-likeness (QED) is 0.585. The molecule has 2 N–H and O–H groups in total. The van der Waals surface area contributed by atoms with Crippen molar-refractivity contribution in [3.63, 3.8) is 0 Å². The smallest absolute Gasteiger partial charge is 0.227 e. The number of rotatable bonds is 6. The molecule has 5 heteroatoms. The van der Waals surface area contributed by atoms with Gasteiger partial charge in [0.05, 0.1) is 18.2 Å². The van der Waals surface area contributed by atoms with Crippen LogP contribution >= 0.6 is 0 Å². The monoisotopic (exact) mass is 372 g/mol. The average Bonchev–Trinajstić information content (AvgIpc) is 3.24. The minimum absolute atomic E-state index is 0.395. The van der Waals surface area contributed by atoms with Crippen molar-refractivity contribution in [2.24, 2.45) is 0 Å². The summed E-state index contributed by atoms with van der Waals surface area (Å²) in [4.78, 5) is 9.21. The van der Waals surface area contributed by atoms with Gasteiger partial charge in [-0.15, -0.1) is 0 Å². The van der Waals surface area contributed by atoms with Crippen LogP contribution in [0.3, 0.4) is 0 Å². The topological polar surface area (TPSA) is 59.1 Å². The van der Waals surface area contributed by atoms with Gasteiger partial charge in [-0.3, -0.25) is 0 Å². The number of benzene rings is 2. The molecule has 4 rings (SSSR count). The van der Waals surface area contributed by atoms with E-state index < -0.39 is 0 Å². The summed E-state index contributed by atoms with van der Waals surface area (Å²) in [6, 6.07) is 14.7. The van der Waals surface area contributed by atoms with Gasteiger partial charge in [0.2, 0.25) is 5.95 Å². The van der Waals surface area contributed by atoms with Crippen molar-refractivity contribution < 1.29 is 4.74 Å². The van der Waals surface area contributed by atoms with E-state index in [1.165, 1.54) is 0 Å². The summed E-state index contributed by atoms with van der Waals surface area (Å²) < 4.78 is 5.41. The number of ether oxygens (including phenoxy) is 1. The Morgan fingerprint density at radius 2 is 2.00 bits per heavy atom. The van der Waals surface area contributed by atoms with Gasteiger partial charge in [-0.1, -0.05) is 36.9 Å². The minimum Gasteiger partial charge on any atom is -0.380 e. The maximum absolute atomic E-state index is 5.41. The van der Waals surface area contributed by atoms with Crippen molar-refractivity contribution >= 4 is 33.8 Å². The first-order chi connectivity index (χ1) is 13.8. The number of anilines is 3. The highest BCUT2D eigenvalue weighted by Gasteiger charge is 2.14. The second-order valence-corrected chi connectivity index (χ2v) is 6.79. The Morgan fingerprint density at radius 3 is 2.71 bits per heavy atom. The van der Waals surface area contributed by atoms with Crippen LogP contribution in [0.15, 0.2) is 67.4 Å². The average molecular weight is 372 g/mol. The summed E-state index contributed by atoms with van der Waals surface area (Å²) in [5, 5.41) is 7.79. The fourth-order valence-electron chi connectivity index (χ4n) is 3.40. The third kappa shape index (κ3) is 3.89. The van der Waals surface area contributed by atoms with Gasteiger partial charge >= 0.3 is 0 Å². The lowest BCUT2D eigenvalue weighted by Crippen LogP contribution is -2.18. The number of hydrogen-bond acceptors (Lipinski definition) is 5. The molecule has 142 valence electrons. The van der Waals surface area contributed by atoms with E-state index in [2.05, 4.69) is 40.4 Å². The molecular weight excluding hydrogens is 348 g/mol. The Labute approximate surface area is 165 Å². The fourth-order valence-corrected chi connectivity index (χ4v) is 3.40. The van der Waals surface area contributed by atoms with Crippen molar-refractivity contribution in [3.8, 4) is 0 Å². The van der Waals surface area contributed by atoms with Gasteiger partial charge in [0, 0.05) is 35.1 Å². The zero-order valence-corrected chi connectivity index (χ0v) is 16.0. The maximum Gasteiger partial charge on any atom is 0.227 e. The SMILES string of the molecule is C=CC(=CC)c1cccc2cnc(Nc3ccc(NC4CCOC4)cc3)nc12. The maximum atomic E-state index is 5.41. The second kappa shape index (κ2) is 8.23. The van der Waals surface area contributed by atoms with Crippen molar-refractivity contribution in [3.05, 3.63) is 73.0 Å². The van der Waals surface area contributed by atoms with Gasteiger partial charge in [0.1, 0.15) is 0 Å². The summed E-state index contributed by atoms with van der Waals surface area (Å²) >= 11 is 0. The lowest BCUT2D eigenvalue weighted by atomic mass is 10.0. The second-order valence-electron chi connectivity index (χ2n) is 6.79. The lowest BCUT2D eigenvalue weighted by molar-refractivity contribution is 0.195. The summed E-state index contributed by atoms with van der Waals surface area (Å²) in [7, 11) is 0. The molecule has 1 atom stereocenters. The molecule has 2 heterocycles. The van der Waals surface area contributed by atoms with E-state index in [1.807, 2.05) is 49.5 Å². The van der Waals surface area contributed by atoms with Crippen LogP contribution in [0.2, 0.25) is 0 Å². The van der Waals surface area contributed by atoms with E-state index in [-0.39, 0.29) is 0 Å². The molecule has 0 amide bonds. The molecule has 1 aliphatic heterocycles. The molecule has 1 saturated heterocycles. The molecule has 1 aliphatic rings. The molecular formula is C23H24N4O. The highest BCUT2D eigenvalue weighted by Crippen LogP contribution is 2.26. The largest absolute Gasteiger partial charge is 0.380 e. The third-order valence-corrected chi connectivity index (χ3v) is 4.89. The number of nitrogens with one attached hydrogen (secondary N) is 2. The van der Waals surface area contributed by atoms with Crippen LogP contribution in [0.25, 0.3) is 16.5 Å². The number of nitrogens with zero attached hydrogens (tertiary/aromatic N) is 2. The molecule has 0 saturated carbocycles. The first-order valence-corrected chi connectivity index (χ1v) is 9.53.